The molecule has 1 atom stereocenters. The summed E-state index contributed by atoms with van der Waals surface area (Å²) in [7, 11) is -4.02. The molecule has 1 heterocycles. The van der Waals surface area contributed by atoms with E-state index in [1.165, 1.54) is 41.4 Å². The maximum Gasteiger partial charge on any atom is 0.261 e. The summed E-state index contributed by atoms with van der Waals surface area (Å²) in [6.45, 7) is 0.426. The molecule has 3 rings (SSSR count). The molecule has 9 nitrogen and oxygen atoms in total. The fourth-order valence-electron chi connectivity index (χ4n) is 3.55. The summed E-state index contributed by atoms with van der Waals surface area (Å²) in [5.74, 6) is 0.0877. The van der Waals surface area contributed by atoms with E-state index < -0.39 is 22.0 Å². The Morgan fingerprint density at radius 2 is 1.94 bits per heavy atom. The van der Waals surface area contributed by atoms with E-state index in [-0.39, 0.29) is 17.2 Å². The number of carbonyl (C=O) groups is 1. The highest BCUT2D eigenvalue weighted by Gasteiger charge is 2.25. The zero-order chi connectivity index (χ0) is 22.3. The van der Waals surface area contributed by atoms with Gasteiger partial charge in [0.1, 0.15) is 16.7 Å². The van der Waals surface area contributed by atoms with Crippen molar-refractivity contribution < 1.29 is 23.2 Å². The van der Waals surface area contributed by atoms with Crippen LogP contribution >= 0.6 is 0 Å². The molecule has 0 fully saturated rings. The van der Waals surface area contributed by atoms with E-state index >= 15 is 0 Å². The van der Waals surface area contributed by atoms with Gasteiger partial charge in [0.25, 0.3) is 5.91 Å². The lowest BCUT2D eigenvalue weighted by Crippen LogP contribution is -2.45. The van der Waals surface area contributed by atoms with E-state index in [9.17, 15) is 13.2 Å². The molecule has 0 saturated carbocycles. The fourth-order valence-corrected chi connectivity index (χ4v) is 4.72. The molecular weight excluding hydrogens is 420 g/mol. The second-order valence-electron chi connectivity index (χ2n) is 7.51. The average molecular weight is 449 g/mol. The number of nitrogens with zero attached hydrogens (tertiary/aromatic N) is 1. The number of fused-ring (bicyclic) bond motifs is 1. The molecule has 0 radical (unpaired) electrons. The van der Waals surface area contributed by atoms with Gasteiger partial charge in [-0.15, -0.1) is 0 Å². The number of amides is 1. The number of nitrogens with one attached hydrogen (secondary N) is 2. The van der Waals surface area contributed by atoms with Crippen molar-refractivity contribution in [3.8, 4) is 11.6 Å². The van der Waals surface area contributed by atoms with Crippen LogP contribution in [0.3, 0.4) is 0 Å². The van der Waals surface area contributed by atoms with Crippen LogP contribution in [0.1, 0.15) is 43.2 Å². The second kappa shape index (κ2) is 10.7. The maximum absolute atomic E-state index is 12.6. The number of hydrogen-bond acceptors (Lipinski definition) is 7. The predicted octanol–water partition coefficient (Wildman–Crippen LogP) is 2.03. The van der Waals surface area contributed by atoms with Crippen molar-refractivity contribution in [2.24, 2.45) is 5.73 Å². The smallest absolute Gasteiger partial charge is 0.261 e. The van der Waals surface area contributed by atoms with Crippen molar-refractivity contribution in [3.63, 3.8) is 0 Å². The monoisotopic (exact) mass is 448 g/mol. The van der Waals surface area contributed by atoms with Crippen LogP contribution < -0.4 is 20.7 Å². The molecule has 1 aliphatic rings. The summed E-state index contributed by atoms with van der Waals surface area (Å²) in [5, 5.41) is 8.89. The molecule has 0 aliphatic heterocycles. The van der Waals surface area contributed by atoms with Crippen molar-refractivity contribution in [1.82, 2.24) is 15.2 Å². The highest BCUT2D eigenvalue weighted by molar-refractivity contribution is 7.89. The first-order chi connectivity index (χ1) is 14.9. The number of benzene rings is 1. The molecule has 1 amide bonds. The van der Waals surface area contributed by atoms with E-state index in [0.29, 0.717) is 25.1 Å². The Balaban J connectivity index is 1.68. The molecule has 1 aromatic carbocycles. The number of unbranched alkanes of at least 4 members (excludes halogenated alkanes) is 1. The SMILES string of the molecule is NCCCC[C@@H](NS(=O)(=O)c1ccc(Oc2ccc3c(c2)CCCC3)nc1)C(=O)NO. The second-order valence-corrected chi connectivity index (χ2v) is 9.22. The third-order valence-corrected chi connectivity index (χ3v) is 6.69. The molecule has 0 unspecified atom stereocenters. The number of aromatic nitrogens is 1. The Labute approximate surface area is 182 Å². The Morgan fingerprint density at radius 3 is 2.61 bits per heavy atom. The number of pyridine rings is 1. The van der Waals surface area contributed by atoms with E-state index in [0.717, 1.165) is 19.3 Å². The number of hydrogen-bond donors (Lipinski definition) is 4. The van der Waals surface area contributed by atoms with Gasteiger partial charge in [-0.25, -0.2) is 18.9 Å². The molecule has 5 N–H and O–H groups in total. The minimum atomic E-state index is -4.02. The van der Waals surface area contributed by atoms with Crippen LogP contribution in [0.4, 0.5) is 0 Å². The van der Waals surface area contributed by atoms with Crippen LogP contribution in [-0.2, 0) is 27.7 Å². The van der Waals surface area contributed by atoms with Gasteiger partial charge in [0.2, 0.25) is 15.9 Å². The van der Waals surface area contributed by atoms with Gasteiger partial charge < -0.3 is 10.5 Å². The molecule has 0 spiro atoms. The fraction of sp³-hybridized carbons (Fsp3) is 0.429. The van der Waals surface area contributed by atoms with E-state index in [4.69, 9.17) is 15.7 Å². The summed E-state index contributed by atoms with van der Waals surface area (Å²) in [5.41, 5.74) is 9.54. The summed E-state index contributed by atoms with van der Waals surface area (Å²) in [6.07, 6.45) is 7.00. The predicted molar refractivity (Wildman–Crippen MR) is 114 cm³/mol. The van der Waals surface area contributed by atoms with E-state index in [1.807, 2.05) is 12.1 Å². The van der Waals surface area contributed by atoms with Gasteiger partial charge in [0, 0.05) is 6.07 Å². The van der Waals surface area contributed by atoms with Gasteiger partial charge >= 0.3 is 0 Å². The molecule has 0 bridgehead atoms. The number of nitrogens with two attached hydrogens (primary N) is 1. The summed E-state index contributed by atoms with van der Waals surface area (Å²) < 4.78 is 33.4. The molecule has 1 aliphatic carbocycles. The minimum absolute atomic E-state index is 0.111. The first-order valence-corrected chi connectivity index (χ1v) is 11.8. The van der Waals surface area contributed by atoms with Crippen molar-refractivity contribution in [3.05, 3.63) is 47.7 Å². The third-order valence-electron chi connectivity index (χ3n) is 5.23. The Bertz CT molecular complexity index is 995. The largest absolute Gasteiger partial charge is 0.439 e. The molecule has 1 aromatic heterocycles. The lowest BCUT2D eigenvalue weighted by molar-refractivity contribution is -0.131. The number of sulfonamides is 1. The zero-order valence-electron chi connectivity index (χ0n) is 17.2. The van der Waals surface area contributed by atoms with Crippen LogP contribution in [-0.4, -0.2) is 37.1 Å². The number of aryl methyl sites for hydroxylation is 2. The third kappa shape index (κ3) is 6.23. The van der Waals surface area contributed by atoms with Gasteiger partial charge in [-0.3, -0.25) is 10.0 Å². The Kier molecular flexibility index (Phi) is 7.97. The van der Waals surface area contributed by atoms with Crippen LogP contribution in [0.2, 0.25) is 0 Å². The quantitative estimate of drug-likeness (QED) is 0.247. The standard InChI is InChI=1S/C21H28N4O5S/c22-12-4-3-7-19(21(26)24-27)25-31(28,29)18-10-11-20(23-14-18)30-17-9-8-15-5-1-2-6-16(15)13-17/h8-11,13-14,19,25,27H,1-7,12,22H2,(H,24,26)/t19-/m1/s1. The van der Waals surface area contributed by atoms with E-state index in [2.05, 4.69) is 15.8 Å². The number of carbonyl (C=O) groups excluding carboxylic acids is 1. The van der Waals surface area contributed by atoms with Gasteiger partial charge in [-0.05, 0) is 74.4 Å². The van der Waals surface area contributed by atoms with Gasteiger partial charge in [-0.1, -0.05) is 12.5 Å². The highest BCUT2D eigenvalue weighted by atomic mass is 32.2. The van der Waals surface area contributed by atoms with Crippen molar-refractivity contribution in [2.75, 3.05) is 6.54 Å². The molecule has 2 aromatic rings. The summed E-state index contributed by atoms with van der Waals surface area (Å²) >= 11 is 0. The number of hydroxylamine groups is 1. The van der Waals surface area contributed by atoms with Crippen molar-refractivity contribution >= 4 is 15.9 Å². The molecule has 168 valence electrons. The Morgan fingerprint density at radius 1 is 1.16 bits per heavy atom. The molecule has 10 heteroatoms. The molecule has 31 heavy (non-hydrogen) atoms. The lowest BCUT2D eigenvalue weighted by Gasteiger charge is -2.17. The van der Waals surface area contributed by atoms with Gasteiger partial charge in [-0.2, -0.15) is 4.72 Å². The van der Waals surface area contributed by atoms with Crippen LogP contribution in [0, 0.1) is 0 Å². The average Bonchev–Trinajstić information content (AvgIpc) is 2.78. The number of rotatable bonds is 10. The Hall–Kier alpha value is -2.53. The van der Waals surface area contributed by atoms with Crippen LogP contribution in [0.25, 0.3) is 0 Å². The normalized spacial score (nSPS) is 14.5. The van der Waals surface area contributed by atoms with Gasteiger partial charge in [0.15, 0.2) is 0 Å². The highest BCUT2D eigenvalue weighted by Crippen LogP contribution is 2.28. The minimum Gasteiger partial charge on any atom is -0.439 e. The molecular formula is C21H28N4O5S. The van der Waals surface area contributed by atoms with E-state index in [1.54, 1.807) is 0 Å². The number of ether oxygens (including phenoxy) is 1. The first kappa shape index (κ1) is 23.1. The first-order valence-electron chi connectivity index (χ1n) is 10.3. The van der Waals surface area contributed by atoms with Crippen LogP contribution in [0.15, 0.2) is 41.4 Å². The summed E-state index contributed by atoms with van der Waals surface area (Å²) in [4.78, 5) is 15.8. The summed E-state index contributed by atoms with van der Waals surface area (Å²) in [6, 6.07) is 7.65. The zero-order valence-corrected chi connectivity index (χ0v) is 18.0. The molecule has 0 saturated heterocycles. The maximum atomic E-state index is 12.6. The van der Waals surface area contributed by atoms with Crippen LogP contribution in [0.5, 0.6) is 11.6 Å². The van der Waals surface area contributed by atoms with Crippen molar-refractivity contribution in [1.29, 1.82) is 0 Å². The van der Waals surface area contributed by atoms with Crippen molar-refractivity contribution in [2.45, 2.75) is 55.9 Å². The topological polar surface area (TPSA) is 144 Å². The lowest BCUT2D eigenvalue weighted by atomic mass is 9.92. The van der Waals surface area contributed by atoms with Gasteiger partial charge in [0.05, 0.1) is 6.20 Å².